The lowest BCUT2D eigenvalue weighted by molar-refractivity contribution is 1.29. The molecule has 0 unspecified atom stereocenters. The van der Waals surface area contributed by atoms with E-state index in [-0.39, 0.29) is 5.84 Å². The van der Waals surface area contributed by atoms with Crippen molar-refractivity contribution < 1.29 is 0 Å². The number of nitrogen functional groups attached to an aromatic ring is 1. The Morgan fingerprint density at radius 3 is 2.71 bits per heavy atom. The number of hydrogen-bond donors (Lipinski definition) is 2. The lowest BCUT2D eigenvalue weighted by Gasteiger charge is -2.06. The van der Waals surface area contributed by atoms with E-state index in [4.69, 9.17) is 11.1 Å². The third kappa shape index (κ3) is 2.77. The lowest BCUT2D eigenvalue weighted by Crippen LogP contribution is -2.11. The monoisotopic (exact) mass is 208 g/mol. The van der Waals surface area contributed by atoms with Crippen LogP contribution in [0.1, 0.15) is 23.6 Å². The van der Waals surface area contributed by atoms with Gasteiger partial charge in [0.15, 0.2) is 0 Å². The van der Waals surface area contributed by atoms with E-state index >= 15 is 0 Å². The molecule has 0 fully saturated rings. The summed E-state index contributed by atoms with van der Waals surface area (Å²) in [6.45, 7) is 4.22. The van der Waals surface area contributed by atoms with Crippen LogP contribution < -0.4 is 5.73 Å². The first-order valence-corrected chi connectivity index (χ1v) is 5.82. The fourth-order valence-corrected chi connectivity index (χ4v) is 1.99. The van der Waals surface area contributed by atoms with Crippen LogP contribution in [0.25, 0.3) is 0 Å². The molecule has 0 spiro atoms. The maximum Gasteiger partial charge on any atom is 0.122 e. The average Bonchev–Trinajstić information content (AvgIpc) is 2.15. The Labute approximate surface area is 89.4 Å². The quantitative estimate of drug-likeness (QED) is 0.590. The number of aryl methyl sites for hydroxylation is 1. The van der Waals surface area contributed by atoms with Gasteiger partial charge in [0.2, 0.25) is 0 Å². The van der Waals surface area contributed by atoms with Gasteiger partial charge in [-0.25, -0.2) is 0 Å². The van der Waals surface area contributed by atoms with Crippen molar-refractivity contribution in [3.63, 3.8) is 0 Å². The van der Waals surface area contributed by atoms with E-state index in [0.29, 0.717) is 0 Å². The zero-order valence-electron chi connectivity index (χ0n) is 8.63. The van der Waals surface area contributed by atoms with Crippen LogP contribution in [0.3, 0.4) is 0 Å². The Morgan fingerprint density at radius 1 is 1.50 bits per heavy atom. The molecular weight excluding hydrogens is 192 g/mol. The molecule has 0 radical (unpaired) electrons. The molecule has 1 aromatic rings. The maximum absolute atomic E-state index is 7.31. The van der Waals surface area contributed by atoms with Crippen molar-refractivity contribution in [1.29, 1.82) is 5.41 Å². The fraction of sp³-hybridized carbons (Fsp3) is 0.364. The van der Waals surface area contributed by atoms with Gasteiger partial charge in [-0.3, -0.25) is 5.41 Å². The van der Waals surface area contributed by atoms with Gasteiger partial charge in [-0.15, -0.1) is 0 Å². The SMILES string of the molecule is CCSCc1ccc(C(=N)N)cc1C. The summed E-state index contributed by atoms with van der Waals surface area (Å²) in [5, 5.41) is 7.31. The molecule has 1 aromatic carbocycles. The number of nitrogens with two attached hydrogens (primary N) is 1. The average molecular weight is 208 g/mol. The van der Waals surface area contributed by atoms with Gasteiger partial charge in [-0.2, -0.15) is 11.8 Å². The summed E-state index contributed by atoms with van der Waals surface area (Å²) in [7, 11) is 0. The smallest absolute Gasteiger partial charge is 0.122 e. The van der Waals surface area contributed by atoms with E-state index in [2.05, 4.69) is 19.9 Å². The Morgan fingerprint density at radius 2 is 2.21 bits per heavy atom. The number of nitrogens with one attached hydrogen (secondary N) is 1. The number of hydrogen-bond acceptors (Lipinski definition) is 2. The van der Waals surface area contributed by atoms with E-state index < -0.39 is 0 Å². The number of amidine groups is 1. The summed E-state index contributed by atoms with van der Waals surface area (Å²) in [5.41, 5.74) is 8.78. The minimum Gasteiger partial charge on any atom is -0.384 e. The molecule has 2 nitrogen and oxygen atoms in total. The lowest BCUT2D eigenvalue weighted by atomic mass is 10.1. The second-order valence-electron chi connectivity index (χ2n) is 3.19. The standard InChI is InChI=1S/C11H16N2S/c1-3-14-7-10-5-4-9(11(12)13)6-8(10)2/h4-6H,3,7H2,1-2H3,(H3,12,13). The fourth-order valence-electron chi connectivity index (χ4n) is 1.24. The predicted molar refractivity (Wildman–Crippen MR) is 64.0 cm³/mol. The molecule has 0 saturated heterocycles. The highest BCUT2D eigenvalue weighted by Crippen LogP contribution is 2.17. The highest BCUT2D eigenvalue weighted by Gasteiger charge is 2.01. The molecular formula is C11H16N2S. The molecule has 76 valence electrons. The second-order valence-corrected chi connectivity index (χ2v) is 4.47. The zero-order chi connectivity index (χ0) is 10.6. The highest BCUT2D eigenvalue weighted by molar-refractivity contribution is 7.98. The zero-order valence-corrected chi connectivity index (χ0v) is 9.45. The molecule has 0 atom stereocenters. The van der Waals surface area contributed by atoms with Gasteiger partial charge in [0.25, 0.3) is 0 Å². The summed E-state index contributed by atoms with van der Waals surface area (Å²) in [6.07, 6.45) is 0. The van der Waals surface area contributed by atoms with Crippen molar-refractivity contribution in [3.05, 3.63) is 34.9 Å². The number of thioether (sulfide) groups is 1. The Hall–Kier alpha value is -0.960. The molecule has 0 amide bonds. The first kappa shape index (κ1) is 11.1. The van der Waals surface area contributed by atoms with Gasteiger partial charge in [0.1, 0.15) is 5.84 Å². The summed E-state index contributed by atoms with van der Waals surface area (Å²) in [5.74, 6) is 2.32. The second kappa shape index (κ2) is 5.05. The molecule has 0 aliphatic heterocycles. The van der Waals surface area contributed by atoms with Crippen LogP contribution in [0.15, 0.2) is 18.2 Å². The Kier molecular flexibility index (Phi) is 4.01. The molecule has 3 N–H and O–H groups in total. The van der Waals surface area contributed by atoms with Crippen LogP contribution in [-0.2, 0) is 5.75 Å². The molecule has 0 saturated carbocycles. The van der Waals surface area contributed by atoms with Crippen molar-refractivity contribution in [2.24, 2.45) is 5.73 Å². The van der Waals surface area contributed by atoms with Crippen molar-refractivity contribution in [3.8, 4) is 0 Å². The molecule has 0 aromatic heterocycles. The van der Waals surface area contributed by atoms with E-state index in [1.807, 2.05) is 23.9 Å². The molecule has 3 heteroatoms. The first-order chi connectivity index (χ1) is 6.65. The normalized spacial score (nSPS) is 10.1. The minimum absolute atomic E-state index is 0.141. The molecule has 0 heterocycles. The Balaban J connectivity index is 2.84. The van der Waals surface area contributed by atoms with Crippen molar-refractivity contribution in [1.82, 2.24) is 0 Å². The van der Waals surface area contributed by atoms with Gasteiger partial charge in [0.05, 0.1) is 0 Å². The summed E-state index contributed by atoms with van der Waals surface area (Å²) >= 11 is 1.90. The first-order valence-electron chi connectivity index (χ1n) is 4.66. The third-order valence-electron chi connectivity index (χ3n) is 2.12. The van der Waals surface area contributed by atoms with Crippen LogP contribution in [-0.4, -0.2) is 11.6 Å². The minimum atomic E-state index is 0.141. The van der Waals surface area contributed by atoms with Gasteiger partial charge in [-0.05, 0) is 29.9 Å². The van der Waals surface area contributed by atoms with Crippen LogP contribution in [0, 0.1) is 12.3 Å². The van der Waals surface area contributed by atoms with E-state index in [0.717, 1.165) is 17.1 Å². The molecule has 14 heavy (non-hydrogen) atoms. The van der Waals surface area contributed by atoms with Gasteiger partial charge >= 0.3 is 0 Å². The number of benzene rings is 1. The molecule has 0 aliphatic rings. The topological polar surface area (TPSA) is 49.9 Å². The summed E-state index contributed by atoms with van der Waals surface area (Å²) < 4.78 is 0. The molecule has 0 bridgehead atoms. The third-order valence-corrected chi connectivity index (χ3v) is 3.04. The largest absolute Gasteiger partial charge is 0.384 e. The van der Waals surface area contributed by atoms with Crippen molar-refractivity contribution in [2.75, 3.05) is 5.75 Å². The van der Waals surface area contributed by atoms with Gasteiger partial charge in [-0.1, -0.05) is 19.1 Å². The van der Waals surface area contributed by atoms with Gasteiger partial charge in [0, 0.05) is 11.3 Å². The van der Waals surface area contributed by atoms with E-state index in [1.54, 1.807) is 0 Å². The van der Waals surface area contributed by atoms with Crippen LogP contribution in [0.4, 0.5) is 0 Å². The van der Waals surface area contributed by atoms with E-state index in [1.165, 1.54) is 11.1 Å². The summed E-state index contributed by atoms with van der Waals surface area (Å²) in [4.78, 5) is 0. The summed E-state index contributed by atoms with van der Waals surface area (Å²) in [6, 6.07) is 5.96. The predicted octanol–water partition coefficient (Wildman–Crippen LogP) is 2.53. The van der Waals surface area contributed by atoms with Gasteiger partial charge < -0.3 is 5.73 Å². The van der Waals surface area contributed by atoms with Crippen molar-refractivity contribution in [2.45, 2.75) is 19.6 Å². The van der Waals surface area contributed by atoms with Crippen LogP contribution in [0.5, 0.6) is 0 Å². The highest BCUT2D eigenvalue weighted by atomic mass is 32.2. The van der Waals surface area contributed by atoms with Crippen LogP contribution >= 0.6 is 11.8 Å². The van der Waals surface area contributed by atoms with Crippen LogP contribution in [0.2, 0.25) is 0 Å². The molecule has 0 aliphatic carbocycles. The number of rotatable bonds is 4. The molecule has 1 rings (SSSR count). The van der Waals surface area contributed by atoms with E-state index in [9.17, 15) is 0 Å². The van der Waals surface area contributed by atoms with Crippen molar-refractivity contribution >= 4 is 17.6 Å². The maximum atomic E-state index is 7.31. The Bertz CT molecular complexity index is 334.